The van der Waals surface area contributed by atoms with Gasteiger partial charge in [-0.05, 0) is 48.6 Å². The highest BCUT2D eigenvalue weighted by Crippen LogP contribution is 2.37. The van der Waals surface area contributed by atoms with Crippen LogP contribution in [0.3, 0.4) is 0 Å². The van der Waals surface area contributed by atoms with Crippen molar-refractivity contribution in [1.82, 2.24) is 15.4 Å². The molecule has 0 saturated carbocycles. The first-order valence-electron chi connectivity index (χ1n) is 12.3. The summed E-state index contributed by atoms with van der Waals surface area (Å²) in [7, 11) is 0. The third-order valence-corrected chi connectivity index (χ3v) is 7.01. The van der Waals surface area contributed by atoms with Gasteiger partial charge in [0.1, 0.15) is 5.75 Å². The summed E-state index contributed by atoms with van der Waals surface area (Å²) in [4.78, 5) is 27.2. The Labute approximate surface area is 205 Å². The van der Waals surface area contributed by atoms with E-state index < -0.39 is 17.6 Å². The molecule has 0 radical (unpaired) electrons. The van der Waals surface area contributed by atoms with Crippen molar-refractivity contribution in [1.29, 1.82) is 0 Å². The number of aliphatic hydroxyl groups excluding tert-OH is 2. The largest absolute Gasteiger partial charge is 0.483 e. The molecule has 2 aliphatic rings. The lowest BCUT2D eigenvalue weighted by Gasteiger charge is -2.43. The molecule has 3 N–H and O–H groups in total. The maximum absolute atomic E-state index is 13.0. The monoisotopic (exact) mass is 485 g/mol. The summed E-state index contributed by atoms with van der Waals surface area (Å²) in [6.07, 6.45) is 0.494. The molecule has 9 nitrogen and oxygen atoms in total. The summed E-state index contributed by atoms with van der Waals surface area (Å²) >= 11 is 0. The van der Waals surface area contributed by atoms with Gasteiger partial charge in [0, 0.05) is 32.1 Å². The van der Waals surface area contributed by atoms with E-state index >= 15 is 0 Å². The Morgan fingerprint density at radius 1 is 1.23 bits per heavy atom. The minimum atomic E-state index is -0.977. The lowest BCUT2D eigenvalue weighted by atomic mass is 9.73. The highest BCUT2D eigenvalue weighted by molar-refractivity contribution is 5.91. The van der Waals surface area contributed by atoms with Crippen molar-refractivity contribution < 1.29 is 29.1 Å². The molecular weight excluding hydrogens is 450 g/mol. The molecule has 2 aliphatic heterocycles. The fourth-order valence-electron chi connectivity index (χ4n) is 4.95. The molecule has 1 spiro atoms. The second-order valence-corrected chi connectivity index (χ2v) is 10.3. The van der Waals surface area contributed by atoms with Crippen molar-refractivity contribution in [3.63, 3.8) is 0 Å². The number of amides is 2. The van der Waals surface area contributed by atoms with Gasteiger partial charge in [0.05, 0.1) is 17.9 Å². The van der Waals surface area contributed by atoms with Gasteiger partial charge >= 0.3 is 0 Å². The van der Waals surface area contributed by atoms with Crippen LogP contribution in [0.5, 0.6) is 5.75 Å². The topological polar surface area (TPSA) is 125 Å². The van der Waals surface area contributed by atoms with Crippen LogP contribution < -0.4 is 10.1 Å². The number of rotatable bonds is 3. The van der Waals surface area contributed by atoms with E-state index in [1.807, 2.05) is 12.1 Å². The van der Waals surface area contributed by atoms with E-state index in [2.05, 4.69) is 24.3 Å². The van der Waals surface area contributed by atoms with E-state index in [9.17, 15) is 19.8 Å². The molecule has 2 atom stereocenters. The van der Waals surface area contributed by atoms with Crippen molar-refractivity contribution in [3.8, 4) is 5.75 Å². The van der Waals surface area contributed by atoms with Crippen molar-refractivity contribution >= 4 is 11.8 Å². The quantitative estimate of drug-likeness (QED) is 0.607. The normalized spacial score (nSPS) is 23.1. The minimum Gasteiger partial charge on any atom is -0.483 e. The van der Waals surface area contributed by atoms with E-state index in [4.69, 9.17) is 9.26 Å². The molecule has 190 valence electrons. The van der Waals surface area contributed by atoms with Crippen molar-refractivity contribution in [2.75, 3.05) is 26.2 Å². The fraction of sp³-hybridized carbons (Fsp3) is 0.577. The number of ether oxygens (including phenoxy) is 1. The third-order valence-electron chi connectivity index (χ3n) is 7.01. The zero-order valence-electron chi connectivity index (χ0n) is 20.4. The van der Waals surface area contributed by atoms with Gasteiger partial charge in [-0.15, -0.1) is 0 Å². The van der Waals surface area contributed by atoms with Gasteiger partial charge in [-0.25, -0.2) is 0 Å². The van der Waals surface area contributed by atoms with Crippen LogP contribution in [-0.2, 0) is 17.6 Å². The zero-order valence-corrected chi connectivity index (χ0v) is 20.4. The number of carbonyl (C=O) groups excluding carboxylic acids is 2. The van der Waals surface area contributed by atoms with Crippen LogP contribution in [0.15, 0.2) is 34.9 Å². The van der Waals surface area contributed by atoms with Gasteiger partial charge in [-0.1, -0.05) is 37.2 Å². The SMILES string of the molecule is CC(C)Cc1cc(C(=O)N2CCC3(CC2)CNC(=O)COc2ccccc2C[C@H](O)[C@H](O)C3)on1. The number of carbonyl (C=O) groups is 2. The number of benzene rings is 1. The van der Waals surface area contributed by atoms with Gasteiger partial charge in [-0.2, -0.15) is 0 Å². The van der Waals surface area contributed by atoms with Gasteiger partial charge in [0.2, 0.25) is 5.76 Å². The smallest absolute Gasteiger partial charge is 0.292 e. The second kappa shape index (κ2) is 10.8. The van der Waals surface area contributed by atoms with Crippen LogP contribution in [0.4, 0.5) is 0 Å². The summed E-state index contributed by atoms with van der Waals surface area (Å²) in [6, 6.07) is 8.93. The number of piperidine rings is 1. The van der Waals surface area contributed by atoms with Crippen LogP contribution in [0, 0.1) is 11.3 Å². The van der Waals surface area contributed by atoms with E-state index in [0.29, 0.717) is 50.6 Å². The number of aromatic nitrogens is 1. The molecule has 35 heavy (non-hydrogen) atoms. The van der Waals surface area contributed by atoms with Gasteiger partial charge in [0.15, 0.2) is 6.61 Å². The van der Waals surface area contributed by atoms with Crippen molar-refractivity contribution in [2.24, 2.45) is 11.3 Å². The highest BCUT2D eigenvalue weighted by atomic mass is 16.5. The van der Waals surface area contributed by atoms with Crippen molar-refractivity contribution in [2.45, 2.75) is 58.2 Å². The first kappa shape index (κ1) is 25.2. The maximum Gasteiger partial charge on any atom is 0.292 e. The average molecular weight is 486 g/mol. The molecule has 0 bridgehead atoms. The molecule has 0 unspecified atom stereocenters. The first-order valence-corrected chi connectivity index (χ1v) is 12.3. The summed E-state index contributed by atoms with van der Waals surface area (Å²) in [5.74, 6) is 0.725. The fourth-order valence-corrected chi connectivity index (χ4v) is 4.95. The molecule has 1 fully saturated rings. The Bertz CT molecular complexity index is 1030. The molecule has 3 heterocycles. The number of fused-ring (bicyclic) bond motifs is 1. The van der Waals surface area contributed by atoms with Crippen LogP contribution >= 0.6 is 0 Å². The van der Waals surface area contributed by atoms with E-state index in [-0.39, 0.29) is 30.6 Å². The maximum atomic E-state index is 13.0. The molecule has 1 aromatic carbocycles. The molecule has 1 saturated heterocycles. The molecule has 4 rings (SSSR count). The molecular formula is C26H35N3O6. The van der Waals surface area contributed by atoms with Crippen LogP contribution in [0.25, 0.3) is 0 Å². The van der Waals surface area contributed by atoms with Gasteiger partial charge in [0.25, 0.3) is 11.8 Å². The number of hydrogen-bond donors (Lipinski definition) is 3. The Kier molecular flexibility index (Phi) is 7.76. The van der Waals surface area contributed by atoms with Crippen LogP contribution in [-0.4, -0.2) is 70.5 Å². The summed E-state index contributed by atoms with van der Waals surface area (Å²) in [5, 5.41) is 28.6. The number of likely N-dealkylation sites (tertiary alicyclic amines) is 1. The second-order valence-electron chi connectivity index (χ2n) is 10.3. The molecule has 1 aromatic heterocycles. The molecule has 2 amide bonds. The minimum absolute atomic E-state index is 0.124. The Morgan fingerprint density at radius 2 is 1.97 bits per heavy atom. The number of hydrogen-bond acceptors (Lipinski definition) is 7. The molecule has 2 aromatic rings. The predicted octanol–water partition coefficient (Wildman–Crippen LogP) is 1.96. The van der Waals surface area contributed by atoms with E-state index in [1.54, 1.807) is 23.1 Å². The standard InChI is InChI=1S/C26H35N3O6/c1-17(2)11-19-13-23(35-28-19)25(33)29-9-7-26(8-10-29)14-21(31)20(30)12-18-5-3-4-6-22(18)34-15-24(32)27-16-26/h3-6,13,17,20-21,30-31H,7-12,14-16H2,1-2H3,(H,27,32)/t20-,21+/m0/s1. The average Bonchev–Trinajstić information content (AvgIpc) is 3.29. The highest BCUT2D eigenvalue weighted by Gasteiger charge is 2.40. The lowest BCUT2D eigenvalue weighted by molar-refractivity contribution is -0.124. The molecule has 9 heteroatoms. The zero-order chi connectivity index (χ0) is 25.0. The summed E-state index contributed by atoms with van der Waals surface area (Å²) in [6.45, 7) is 5.29. The summed E-state index contributed by atoms with van der Waals surface area (Å²) in [5.41, 5.74) is 1.06. The van der Waals surface area contributed by atoms with Gasteiger partial charge < -0.3 is 29.7 Å². The van der Waals surface area contributed by atoms with Crippen LogP contribution in [0.2, 0.25) is 0 Å². The number of para-hydroxylation sites is 1. The predicted molar refractivity (Wildman–Crippen MR) is 128 cm³/mol. The van der Waals surface area contributed by atoms with Crippen molar-refractivity contribution in [3.05, 3.63) is 47.3 Å². The third kappa shape index (κ3) is 6.21. The first-order chi connectivity index (χ1) is 16.7. The number of nitrogens with one attached hydrogen (secondary N) is 1. The lowest BCUT2D eigenvalue weighted by Crippen LogP contribution is -2.50. The van der Waals surface area contributed by atoms with E-state index in [0.717, 1.165) is 17.7 Å². The number of aliphatic hydroxyl groups is 2. The Hall–Kier alpha value is -2.91. The Morgan fingerprint density at radius 3 is 2.71 bits per heavy atom. The van der Waals surface area contributed by atoms with Gasteiger partial charge in [-0.3, -0.25) is 9.59 Å². The van der Waals surface area contributed by atoms with E-state index in [1.165, 1.54) is 0 Å². The number of nitrogens with zero attached hydrogens (tertiary/aromatic N) is 2. The summed E-state index contributed by atoms with van der Waals surface area (Å²) < 4.78 is 11.0. The van der Waals surface area contributed by atoms with Crippen LogP contribution in [0.1, 0.15) is 54.9 Å². The Balaban J connectivity index is 1.44. The molecule has 0 aliphatic carbocycles.